The lowest BCUT2D eigenvalue weighted by Gasteiger charge is -2.24. The number of hydrogen-bond donors (Lipinski definition) is 0. The van der Waals surface area contributed by atoms with E-state index in [9.17, 15) is 18.0 Å². The van der Waals surface area contributed by atoms with Gasteiger partial charge in [-0.3, -0.25) is 4.79 Å². The highest BCUT2D eigenvalue weighted by molar-refractivity contribution is 5.94. The van der Waals surface area contributed by atoms with Crippen LogP contribution in [0.5, 0.6) is 0 Å². The van der Waals surface area contributed by atoms with Gasteiger partial charge in [-0.15, -0.1) is 0 Å². The average Bonchev–Trinajstić information content (AvgIpc) is 3.26. The van der Waals surface area contributed by atoms with Crippen LogP contribution in [0.3, 0.4) is 0 Å². The smallest absolute Gasteiger partial charge is 0.345 e. The average molecular weight is 463 g/mol. The molecule has 1 aromatic heterocycles. The molecule has 0 saturated heterocycles. The van der Waals surface area contributed by atoms with Gasteiger partial charge in [0.2, 0.25) is 0 Å². The molecule has 0 aliphatic rings. The molecule has 4 rings (SSSR count). The van der Waals surface area contributed by atoms with E-state index in [1.807, 2.05) is 55.6 Å². The van der Waals surface area contributed by atoms with E-state index in [0.29, 0.717) is 6.54 Å². The van der Waals surface area contributed by atoms with Crippen molar-refractivity contribution in [2.24, 2.45) is 0 Å². The van der Waals surface area contributed by atoms with Crippen molar-refractivity contribution in [1.82, 2.24) is 9.47 Å². The molecule has 3 aromatic carbocycles. The van der Waals surface area contributed by atoms with Crippen molar-refractivity contribution in [3.05, 3.63) is 131 Å². The fourth-order valence-electron chi connectivity index (χ4n) is 3.85. The van der Waals surface area contributed by atoms with Crippen molar-refractivity contribution >= 4 is 5.91 Å². The van der Waals surface area contributed by atoms with E-state index >= 15 is 0 Å². The number of rotatable bonds is 7. The summed E-state index contributed by atoms with van der Waals surface area (Å²) in [5.74, 6) is -0.446. The number of halogens is 3. The molecule has 0 bridgehead atoms. The van der Waals surface area contributed by atoms with Gasteiger partial charge in [-0.1, -0.05) is 66.2 Å². The number of carbonyl (C=O) groups excluding carboxylic acids is 1. The Morgan fingerprint density at radius 2 is 1.56 bits per heavy atom. The van der Waals surface area contributed by atoms with Gasteiger partial charge in [0.15, 0.2) is 0 Å². The Morgan fingerprint density at radius 3 is 2.26 bits per heavy atom. The third-order valence-electron chi connectivity index (χ3n) is 5.69. The highest BCUT2D eigenvalue weighted by Gasteiger charge is 2.31. The number of aromatic nitrogens is 1. The first-order valence-corrected chi connectivity index (χ1v) is 11.0. The van der Waals surface area contributed by atoms with Crippen LogP contribution in [0.1, 0.15) is 38.3 Å². The molecule has 34 heavy (non-hydrogen) atoms. The standard InChI is InChI=1S/C28H25F3N2O/c1-21-12-14-23(15-13-21)18-32-16-6-11-26(32)20-33(19-22-7-3-2-4-8-22)27(34)24-9-5-10-25(17-24)28(29,30)31/h2-17H,18-20H2,1H3. The molecule has 0 spiro atoms. The molecule has 0 radical (unpaired) electrons. The first-order chi connectivity index (χ1) is 16.3. The molecule has 1 heterocycles. The first kappa shape index (κ1) is 23.4. The maximum absolute atomic E-state index is 13.4. The third-order valence-corrected chi connectivity index (χ3v) is 5.69. The van der Waals surface area contributed by atoms with Crippen molar-refractivity contribution in [3.8, 4) is 0 Å². The molecule has 174 valence electrons. The topological polar surface area (TPSA) is 25.2 Å². The molecule has 4 aromatic rings. The molecule has 0 unspecified atom stereocenters. The molecule has 0 aliphatic heterocycles. The Labute approximate surface area is 197 Å². The normalized spacial score (nSPS) is 11.4. The van der Waals surface area contributed by atoms with Gasteiger partial charge >= 0.3 is 6.18 Å². The second-order valence-corrected chi connectivity index (χ2v) is 8.34. The SMILES string of the molecule is Cc1ccc(Cn2cccc2CN(Cc2ccccc2)C(=O)c2cccc(C(F)(F)F)c2)cc1. The van der Waals surface area contributed by atoms with Gasteiger partial charge in [0, 0.05) is 30.5 Å². The fraction of sp³-hybridized carbons (Fsp3) is 0.179. The number of alkyl halides is 3. The summed E-state index contributed by atoms with van der Waals surface area (Å²) in [4.78, 5) is 15.0. The van der Waals surface area contributed by atoms with Gasteiger partial charge < -0.3 is 9.47 Å². The number of aryl methyl sites for hydroxylation is 1. The monoisotopic (exact) mass is 462 g/mol. The molecule has 0 saturated carbocycles. The van der Waals surface area contributed by atoms with Crippen LogP contribution in [-0.4, -0.2) is 15.4 Å². The zero-order chi connectivity index (χ0) is 24.1. The van der Waals surface area contributed by atoms with Crippen LogP contribution in [-0.2, 0) is 25.8 Å². The maximum Gasteiger partial charge on any atom is 0.416 e. The summed E-state index contributed by atoms with van der Waals surface area (Å²) in [6.07, 6.45) is -2.56. The van der Waals surface area contributed by atoms with Gasteiger partial charge in [0.05, 0.1) is 12.1 Å². The fourth-order valence-corrected chi connectivity index (χ4v) is 3.85. The van der Waals surface area contributed by atoms with E-state index in [1.165, 1.54) is 17.7 Å². The Morgan fingerprint density at radius 1 is 0.824 bits per heavy atom. The van der Waals surface area contributed by atoms with Gasteiger partial charge in [0.1, 0.15) is 0 Å². The maximum atomic E-state index is 13.4. The molecule has 0 N–H and O–H groups in total. The van der Waals surface area contributed by atoms with Gasteiger partial charge in [-0.05, 0) is 48.4 Å². The highest BCUT2D eigenvalue weighted by atomic mass is 19.4. The Balaban J connectivity index is 1.62. The number of hydrogen-bond acceptors (Lipinski definition) is 1. The molecule has 6 heteroatoms. The van der Waals surface area contributed by atoms with E-state index in [0.717, 1.165) is 29.0 Å². The Bertz CT molecular complexity index is 1240. The summed E-state index contributed by atoms with van der Waals surface area (Å²) in [6.45, 7) is 3.22. The summed E-state index contributed by atoms with van der Waals surface area (Å²) in [7, 11) is 0. The van der Waals surface area contributed by atoms with Crippen molar-refractivity contribution < 1.29 is 18.0 Å². The van der Waals surface area contributed by atoms with Crippen LogP contribution in [0.4, 0.5) is 13.2 Å². The molecule has 0 aliphatic carbocycles. The summed E-state index contributed by atoms with van der Waals surface area (Å²) < 4.78 is 41.8. The third kappa shape index (κ3) is 5.76. The predicted molar refractivity (Wildman–Crippen MR) is 126 cm³/mol. The van der Waals surface area contributed by atoms with Crippen LogP contribution in [0.25, 0.3) is 0 Å². The zero-order valence-corrected chi connectivity index (χ0v) is 18.8. The van der Waals surface area contributed by atoms with E-state index in [-0.39, 0.29) is 18.7 Å². The molecule has 0 fully saturated rings. The largest absolute Gasteiger partial charge is 0.416 e. The van der Waals surface area contributed by atoms with Gasteiger partial charge in [-0.2, -0.15) is 13.2 Å². The molecule has 3 nitrogen and oxygen atoms in total. The minimum atomic E-state index is -4.51. The number of amides is 1. The van der Waals surface area contributed by atoms with E-state index < -0.39 is 17.6 Å². The summed E-state index contributed by atoms with van der Waals surface area (Å²) in [5, 5.41) is 0. The lowest BCUT2D eigenvalue weighted by atomic mass is 10.1. The van der Waals surface area contributed by atoms with Crippen LogP contribution in [0, 0.1) is 6.92 Å². The minimum absolute atomic E-state index is 0.0161. The molecule has 1 amide bonds. The summed E-state index contributed by atoms with van der Waals surface area (Å²) >= 11 is 0. The van der Waals surface area contributed by atoms with Crippen LogP contribution < -0.4 is 0 Å². The lowest BCUT2D eigenvalue weighted by Crippen LogP contribution is -2.31. The van der Waals surface area contributed by atoms with E-state index in [2.05, 4.69) is 28.8 Å². The zero-order valence-electron chi connectivity index (χ0n) is 18.8. The second-order valence-electron chi connectivity index (χ2n) is 8.34. The van der Waals surface area contributed by atoms with Crippen LogP contribution in [0.2, 0.25) is 0 Å². The number of nitrogens with zero attached hydrogens (tertiary/aromatic N) is 2. The molecule has 0 atom stereocenters. The van der Waals surface area contributed by atoms with E-state index in [1.54, 1.807) is 4.90 Å². The first-order valence-electron chi connectivity index (χ1n) is 11.0. The van der Waals surface area contributed by atoms with Crippen LogP contribution in [0.15, 0.2) is 97.2 Å². The number of benzene rings is 3. The lowest BCUT2D eigenvalue weighted by molar-refractivity contribution is -0.137. The van der Waals surface area contributed by atoms with Gasteiger partial charge in [-0.25, -0.2) is 0 Å². The summed E-state index contributed by atoms with van der Waals surface area (Å²) in [6, 6.07) is 26.1. The molecular weight excluding hydrogens is 437 g/mol. The predicted octanol–water partition coefficient (Wildman–Crippen LogP) is 6.71. The Hall–Kier alpha value is -3.80. The van der Waals surface area contributed by atoms with Crippen molar-refractivity contribution in [2.45, 2.75) is 32.7 Å². The van der Waals surface area contributed by atoms with Crippen LogP contribution >= 0.6 is 0 Å². The highest BCUT2D eigenvalue weighted by Crippen LogP contribution is 2.30. The number of carbonyl (C=O) groups is 1. The van der Waals surface area contributed by atoms with Crippen molar-refractivity contribution in [3.63, 3.8) is 0 Å². The van der Waals surface area contributed by atoms with E-state index in [4.69, 9.17) is 0 Å². The van der Waals surface area contributed by atoms with Crippen molar-refractivity contribution in [2.75, 3.05) is 0 Å². The second kappa shape index (κ2) is 10.00. The molecular formula is C28H25F3N2O. The Kier molecular flexibility index (Phi) is 6.87. The quantitative estimate of drug-likeness (QED) is 0.300. The summed E-state index contributed by atoms with van der Waals surface area (Å²) in [5.41, 5.74) is 3.29. The van der Waals surface area contributed by atoms with Crippen molar-refractivity contribution in [1.29, 1.82) is 0 Å². The van der Waals surface area contributed by atoms with Gasteiger partial charge in [0.25, 0.3) is 5.91 Å². The minimum Gasteiger partial charge on any atom is -0.345 e.